The maximum atomic E-state index is 13.4. The first-order valence-electron chi connectivity index (χ1n) is 6.43. The van der Waals surface area contributed by atoms with Gasteiger partial charge in [0.05, 0.1) is 5.52 Å². The number of ether oxygens (including phenoxy) is 1. The van der Waals surface area contributed by atoms with Gasteiger partial charge >= 0.3 is 0 Å². The maximum Gasteiger partial charge on any atom is 0.150 e. The summed E-state index contributed by atoms with van der Waals surface area (Å²) in [4.78, 5) is 11.0. The van der Waals surface area contributed by atoms with Crippen molar-refractivity contribution in [3.8, 4) is 11.3 Å². The maximum absolute atomic E-state index is 13.4. The predicted molar refractivity (Wildman–Crippen MR) is 77.5 cm³/mol. The first-order chi connectivity index (χ1) is 10.2. The van der Waals surface area contributed by atoms with Gasteiger partial charge in [-0.1, -0.05) is 12.1 Å². The number of aldehydes is 1. The number of aromatic nitrogens is 2. The monoisotopic (exact) mass is 284 g/mol. The number of methoxy groups -OCH3 is 1. The third-order valence-electron chi connectivity index (χ3n) is 3.26. The average Bonchev–Trinajstić information content (AvgIpc) is 2.86. The molecule has 5 heteroatoms. The van der Waals surface area contributed by atoms with Gasteiger partial charge in [0, 0.05) is 23.6 Å². The molecular weight excluding hydrogens is 271 g/mol. The highest BCUT2D eigenvalue weighted by atomic mass is 19.1. The van der Waals surface area contributed by atoms with E-state index in [1.54, 1.807) is 36.1 Å². The number of rotatable bonds is 4. The van der Waals surface area contributed by atoms with Crippen molar-refractivity contribution in [1.29, 1.82) is 0 Å². The van der Waals surface area contributed by atoms with Crippen molar-refractivity contribution in [2.45, 2.75) is 6.73 Å². The number of hydrogen-bond acceptors (Lipinski definition) is 3. The van der Waals surface area contributed by atoms with Crippen LogP contribution in [0.3, 0.4) is 0 Å². The Hall–Kier alpha value is -2.53. The molecule has 3 aromatic rings. The molecule has 0 unspecified atom stereocenters. The van der Waals surface area contributed by atoms with E-state index in [4.69, 9.17) is 4.74 Å². The van der Waals surface area contributed by atoms with Crippen LogP contribution in [0.5, 0.6) is 0 Å². The molecule has 3 rings (SSSR count). The predicted octanol–water partition coefficient (Wildman–Crippen LogP) is 3.26. The zero-order valence-corrected chi connectivity index (χ0v) is 11.4. The van der Waals surface area contributed by atoms with Crippen molar-refractivity contribution in [2.24, 2.45) is 0 Å². The molecule has 1 heterocycles. The molecule has 0 saturated heterocycles. The minimum absolute atomic E-state index is 0.284. The fourth-order valence-corrected chi connectivity index (χ4v) is 2.34. The van der Waals surface area contributed by atoms with E-state index in [1.807, 2.05) is 6.07 Å². The Morgan fingerprint density at radius 1 is 1.29 bits per heavy atom. The number of benzene rings is 2. The van der Waals surface area contributed by atoms with Crippen molar-refractivity contribution >= 4 is 17.2 Å². The molecule has 0 fully saturated rings. The van der Waals surface area contributed by atoms with Gasteiger partial charge in [-0.3, -0.25) is 4.79 Å². The van der Waals surface area contributed by atoms with Gasteiger partial charge in [0.15, 0.2) is 0 Å². The van der Waals surface area contributed by atoms with E-state index in [2.05, 4.69) is 5.10 Å². The van der Waals surface area contributed by atoms with Crippen LogP contribution in [0.2, 0.25) is 0 Å². The molecule has 0 atom stereocenters. The third kappa shape index (κ3) is 2.43. The highest BCUT2D eigenvalue weighted by molar-refractivity contribution is 5.96. The average molecular weight is 284 g/mol. The molecule has 0 bridgehead atoms. The molecule has 4 nitrogen and oxygen atoms in total. The minimum atomic E-state index is -0.325. The number of halogens is 1. The summed E-state index contributed by atoms with van der Waals surface area (Å²) in [7, 11) is 1.58. The van der Waals surface area contributed by atoms with Crippen LogP contribution in [0.4, 0.5) is 4.39 Å². The summed E-state index contributed by atoms with van der Waals surface area (Å²) in [6.45, 7) is 0.284. The highest BCUT2D eigenvalue weighted by Crippen LogP contribution is 2.29. The van der Waals surface area contributed by atoms with Crippen LogP contribution in [-0.2, 0) is 11.5 Å². The summed E-state index contributed by atoms with van der Waals surface area (Å²) in [6.07, 6.45) is 0.780. The van der Waals surface area contributed by atoms with Crippen LogP contribution in [0.15, 0.2) is 42.5 Å². The van der Waals surface area contributed by atoms with Gasteiger partial charge in [-0.05, 0) is 30.3 Å². The van der Waals surface area contributed by atoms with Gasteiger partial charge in [0.2, 0.25) is 0 Å². The normalized spacial score (nSPS) is 11.0. The van der Waals surface area contributed by atoms with Crippen LogP contribution in [-0.4, -0.2) is 23.2 Å². The SMILES string of the molecule is COCn1nc(-c2cccc(F)c2)c2cc(C=O)ccc21. The number of hydrogen-bond donors (Lipinski definition) is 0. The van der Waals surface area contributed by atoms with Crippen molar-refractivity contribution in [3.63, 3.8) is 0 Å². The Morgan fingerprint density at radius 3 is 2.86 bits per heavy atom. The van der Waals surface area contributed by atoms with E-state index in [0.717, 1.165) is 17.2 Å². The van der Waals surface area contributed by atoms with E-state index < -0.39 is 0 Å². The van der Waals surface area contributed by atoms with Crippen LogP contribution >= 0.6 is 0 Å². The number of carbonyl (C=O) groups excluding carboxylic acids is 1. The molecule has 0 spiro atoms. The van der Waals surface area contributed by atoms with Gasteiger partial charge in [-0.15, -0.1) is 0 Å². The lowest BCUT2D eigenvalue weighted by Crippen LogP contribution is -2.01. The number of nitrogens with zero attached hydrogens (tertiary/aromatic N) is 2. The zero-order chi connectivity index (χ0) is 14.8. The van der Waals surface area contributed by atoms with E-state index >= 15 is 0 Å². The largest absolute Gasteiger partial charge is 0.362 e. The lowest BCUT2D eigenvalue weighted by Gasteiger charge is -2.00. The van der Waals surface area contributed by atoms with Crippen molar-refractivity contribution in [3.05, 3.63) is 53.8 Å². The van der Waals surface area contributed by atoms with E-state index in [9.17, 15) is 9.18 Å². The molecule has 2 aromatic carbocycles. The second kappa shape index (κ2) is 5.46. The Bertz CT molecular complexity index is 811. The number of carbonyl (C=O) groups is 1. The Morgan fingerprint density at radius 2 is 2.14 bits per heavy atom. The van der Waals surface area contributed by atoms with Crippen molar-refractivity contribution in [2.75, 3.05) is 7.11 Å². The highest BCUT2D eigenvalue weighted by Gasteiger charge is 2.13. The first-order valence-corrected chi connectivity index (χ1v) is 6.43. The van der Waals surface area contributed by atoms with E-state index in [-0.39, 0.29) is 12.5 Å². The Balaban J connectivity index is 2.27. The second-order valence-corrected chi connectivity index (χ2v) is 4.67. The summed E-state index contributed by atoms with van der Waals surface area (Å²) in [5.41, 5.74) is 2.68. The molecule has 106 valence electrons. The Labute approximate surface area is 120 Å². The van der Waals surface area contributed by atoms with E-state index in [1.165, 1.54) is 12.1 Å². The topological polar surface area (TPSA) is 44.1 Å². The Kier molecular flexibility index (Phi) is 3.50. The van der Waals surface area contributed by atoms with Crippen LogP contribution in [0.25, 0.3) is 22.2 Å². The van der Waals surface area contributed by atoms with Gasteiger partial charge in [-0.2, -0.15) is 5.10 Å². The smallest absolute Gasteiger partial charge is 0.150 e. The summed E-state index contributed by atoms with van der Waals surface area (Å²) >= 11 is 0. The van der Waals surface area contributed by atoms with E-state index in [0.29, 0.717) is 16.8 Å². The summed E-state index contributed by atoms with van der Waals surface area (Å²) in [5, 5.41) is 5.27. The molecule has 0 aliphatic rings. The molecule has 0 amide bonds. The molecule has 0 aliphatic carbocycles. The molecule has 0 radical (unpaired) electrons. The minimum Gasteiger partial charge on any atom is -0.362 e. The van der Waals surface area contributed by atoms with Gasteiger partial charge < -0.3 is 4.74 Å². The standard InChI is InChI=1S/C16H13FN2O2/c1-21-10-19-15-6-5-11(9-20)7-14(15)16(18-19)12-3-2-4-13(17)8-12/h2-9H,10H2,1H3. The molecule has 21 heavy (non-hydrogen) atoms. The quantitative estimate of drug-likeness (QED) is 0.691. The molecule has 0 aliphatic heterocycles. The number of fused-ring (bicyclic) bond motifs is 1. The fourth-order valence-electron chi connectivity index (χ4n) is 2.34. The summed E-state index contributed by atoms with van der Waals surface area (Å²) in [6, 6.07) is 11.5. The van der Waals surface area contributed by atoms with Crippen LogP contribution in [0, 0.1) is 5.82 Å². The third-order valence-corrected chi connectivity index (χ3v) is 3.26. The van der Waals surface area contributed by atoms with Crippen LogP contribution < -0.4 is 0 Å². The zero-order valence-electron chi connectivity index (χ0n) is 11.4. The van der Waals surface area contributed by atoms with Crippen molar-refractivity contribution in [1.82, 2.24) is 9.78 Å². The lowest BCUT2D eigenvalue weighted by atomic mass is 10.1. The second-order valence-electron chi connectivity index (χ2n) is 4.67. The summed E-state index contributed by atoms with van der Waals surface area (Å²) in [5.74, 6) is -0.325. The molecule has 0 saturated carbocycles. The van der Waals surface area contributed by atoms with Gasteiger partial charge in [0.1, 0.15) is 24.5 Å². The van der Waals surface area contributed by atoms with Crippen molar-refractivity contribution < 1.29 is 13.9 Å². The molecule has 1 aromatic heterocycles. The van der Waals surface area contributed by atoms with Crippen LogP contribution in [0.1, 0.15) is 10.4 Å². The van der Waals surface area contributed by atoms with Gasteiger partial charge in [-0.25, -0.2) is 9.07 Å². The first kappa shape index (κ1) is 13.5. The molecule has 0 N–H and O–H groups in total. The molecular formula is C16H13FN2O2. The summed E-state index contributed by atoms with van der Waals surface area (Å²) < 4.78 is 20.2. The fraction of sp³-hybridized carbons (Fsp3) is 0.125. The van der Waals surface area contributed by atoms with Gasteiger partial charge in [0.25, 0.3) is 0 Å². The lowest BCUT2D eigenvalue weighted by molar-refractivity contribution is 0.112.